The molecule has 0 spiro atoms. The molecule has 156 valence electrons. The van der Waals surface area contributed by atoms with Gasteiger partial charge in [-0.1, -0.05) is 41.9 Å². The Bertz CT molecular complexity index is 948. The van der Waals surface area contributed by atoms with Crippen LogP contribution in [0.15, 0.2) is 65.2 Å². The van der Waals surface area contributed by atoms with Gasteiger partial charge in [0.1, 0.15) is 0 Å². The molecule has 1 aliphatic rings. The van der Waals surface area contributed by atoms with E-state index in [0.717, 1.165) is 31.5 Å². The summed E-state index contributed by atoms with van der Waals surface area (Å²) < 4.78 is 11.8. The first kappa shape index (κ1) is 20.6. The molecule has 1 aromatic heterocycles. The van der Waals surface area contributed by atoms with Crippen molar-refractivity contribution >= 4 is 17.5 Å². The smallest absolute Gasteiger partial charge is 0.223 e. The van der Waals surface area contributed by atoms with Crippen LogP contribution in [-0.4, -0.2) is 35.0 Å². The van der Waals surface area contributed by atoms with Crippen LogP contribution in [0.5, 0.6) is 0 Å². The number of benzene rings is 2. The van der Waals surface area contributed by atoms with Crippen molar-refractivity contribution in [3.8, 4) is 11.3 Å². The van der Waals surface area contributed by atoms with Crippen LogP contribution in [0, 0.1) is 0 Å². The predicted molar refractivity (Wildman–Crippen MR) is 116 cm³/mol. The van der Waals surface area contributed by atoms with Gasteiger partial charge >= 0.3 is 0 Å². The van der Waals surface area contributed by atoms with E-state index in [2.05, 4.69) is 17.1 Å². The number of hydrogen-bond acceptors (Lipinski definition) is 4. The van der Waals surface area contributed by atoms with Crippen molar-refractivity contribution in [3.05, 3.63) is 77.3 Å². The van der Waals surface area contributed by atoms with Crippen molar-refractivity contribution in [3.63, 3.8) is 0 Å². The number of carbonyl (C=O) groups is 1. The van der Waals surface area contributed by atoms with E-state index < -0.39 is 0 Å². The Balaban J connectivity index is 1.20. The van der Waals surface area contributed by atoms with Crippen molar-refractivity contribution in [2.45, 2.75) is 38.4 Å². The van der Waals surface area contributed by atoms with Gasteiger partial charge in [0.15, 0.2) is 11.7 Å². The molecule has 0 aliphatic carbocycles. The average molecular weight is 425 g/mol. The number of piperidine rings is 1. The topological polar surface area (TPSA) is 55.6 Å². The van der Waals surface area contributed by atoms with Gasteiger partial charge in [0, 0.05) is 36.5 Å². The van der Waals surface area contributed by atoms with Gasteiger partial charge in [0.25, 0.3) is 0 Å². The highest BCUT2D eigenvalue weighted by Gasteiger charge is 2.23. The maximum Gasteiger partial charge on any atom is 0.223 e. The summed E-state index contributed by atoms with van der Waals surface area (Å²) in [4.78, 5) is 18.8. The predicted octanol–water partition coefficient (Wildman–Crippen LogP) is 5.14. The molecule has 5 nitrogen and oxygen atoms in total. The fourth-order valence-corrected chi connectivity index (χ4v) is 3.73. The Labute approximate surface area is 181 Å². The largest absolute Gasteiger partial charge is 0.441 e. The van der Waals surface area contributed by atoms with Crippen molar-refractivity contribution in [2.24, 2.45) is 0 Å². The van der Waals surface area contributed by atoms with Crippen LogP contribution in [0.1, 0.15) is 30.7 Å². The maximum absolute atomic E-state index is 12.6. The lowest BCUT2D eigenvalue weighted by Crippen LogP contribution is -2.40. The minimum Gasteiger partial charge on any atom is -0.441 e. The Morgan fingerprint density at radius 3 is 2.57 bits per heavy atom. The number of carbonyl (C=O) groups excluding carboxylic acids is 1. The van der Waals surface area contributed by atoms with Gasteiger partial charge in [0.05, 0.1) is 18.9 Å². The van der Waals surface area contributed by atoms with Gasteiger partial charge in [-0.15, -0.1) is 0 Å². The Kier molecular flexibility index (Phi) is 6.82. The molecule has 0 atom stereocenters. The molecule has 0 saturated carbocycles. The Morgan fingerprint density at radius 1 is 1.10 bits per heavy atom. The zero-order valence-electron chi connectivity index (χ0n) is 16.8. The number of halogens is 1. The third-order valence-electron chi connectivity index (χ3n) is 5.36. The summed E-state index contributed by atoms with van der Waals surface area (Å²) in [5.74, 6) is 1.41. The molecule has 0 bridgehead atoms. The molecule has 1 amide bonds. The second kappa shape index (κ2) is 9.92. The lowest BCUT2D eigenvalue weighted by Gasteiger charge is -2.32. The first-order valence-electron chi connectivity index (χ1n) is 10.3. The summed E-state index contributed by atoms with van der Waals surface area (Å²) in [5.41, 5.74) is 2.10. The van der Waals surface area contributed by atoms with Crippen LogP contribution in [0.2, 0.25) is 5.02 Å². The zero-order valence-corrected chi connectivity index (χ0v) is 17.6. The van der Waals surface area contributed by atoms with Crippen molar-refractivity contribution < 1.29 is 13.9 Å². The van der Waals surface area contributed by atoms with Gasteiger partial charge in [-0.2, -0.15) is 0 Å². The molecular weight excluding hydrogens is 400 g/mol. The Morgan fingerprint density at radius 2 is 1.83 bits per heavy atom. The van der Waals surface area contributed by atoms with Crippen LogP contribution in [0.4, 0.5) is 0 Å². The number of oxazole rings is 1. The number of aromatic nitrogens is 1. The SMILES string of the molecule is O=C(CCc1ncc(-c2ccc(Cl)cc2)o1)N1CCC(OCc2ccccc2)CC1. The first-order chi connectivity index (χ1) is 14.7. The highest BCUT2D eigenvalue weighted by atomic mass is 35.5. The van der Waals surface area contributed by atoms with Gasteiger partial charge in [-0.25, -0.2) is 4.98 Å². The molecule has 2 aromatic carbocycles. The highest BCUT2D eigenvalue weighted by molar-refractivity contribution is 6.30. The number of aryl methyl sites for hydroxylation is 1. The molecule has 1 aliphatic heterocycles. The molecule has 30 heavy (non-hydrogen) atoms. The molecule has 0 unspecified atom stereocenters. The van der Waals surface area contributed by atoms with E-state index in [1.807, 2.05) is 47.4 Å². The second-order valence-electron chi connectivity index (χ2n) is 7.50. The molecule has 0 N–H and O–H groups in total. The van der Waals surface area contributed by atoms with Gasteiger partial charge < -0.3 is 14.1 Å². The van der Waals surface area contributed by atoms with E-state index in [9.17, 15) is 4.79 Å². The van der Waals surface area contributed by atoms with Gasteiger partial charge in [0.2, 0.25) is 5.91 Å². The van der Waals surface area contributed by atoms with E-state index in [0.29, 0.717) is 36.1 Å². The molecule has 3 aromatic rings. The van der Waals surface area contributed by atoms with Crippen LogP contribution in [0.25, 0.3) is 11.3 Å². The van der Waals surface area contributed by atoms with Crippen LogP contribution < -0.4 is 0 Å². The van der Waals surface area contributed by atoms with E-state index in [4.69, 9.17) is 20.8 Å². The van der Waals surface area contributed by atoms with E-state index in [-0.39, 0.29) is 12.0 Å². The van der Waals surface area contributed by atoms with Gasteiger partial charge in [-0.3, -0.25) is 4.79 Å². The zero-order chi connectivity index (χ0) is 20.8. The number of amides is 1. The number of nitrogens with zero attached hydrogens (tertiary/aromatic N) is 2. The molecule has 6 heteroatoms. The molecule has 4 rings (SSSR count). The standard InChI is InChI=1S/C24H25ClN2O3/c25-20-8-6-19(7-9-20)22-16-26-23(30-22)10-11-24(28)27-14-12-21(13-15-27)29-17-18-4-2-1-3-5-18/h1-9,16,21H,10-15,17H2. The molecule has 1 fully saturated rings. The number of hydrogen-bond donors (Lipinski definition) is 0. The normalized spacial score (nSPS) is 14.8. The van der Waals surface area contributed by atoms with Crippen molar-refractivity contribution in [1.29, 1.82) is 0 Å². The van der Waals surface area contributed by atoms with Crippen LogP contribution in [-0.2, 0) is 22.6 Å². The van der Waals surface area contributed by atoms with Crippen LogP contribution in [0.3, 0.4) is 0 Å². The lowest BCUT2D eigenvalue weighted by molar-refractivity contribution is -0.134. The Hall–Kier alpha value is -2.63. The minimum absolute atomic E-state index is 0.141. The van der Waals surface area contributed by atoms with Gasteiger partial charge in [-0.05, 0) is 42.7 Å². The summed E-state index contributed by atoms with van der Waals surface area (Å²) in [7, 11) is 0. The molecule has 2 heterocycles. The van der Waals surface area contributed by atoms with Crippen molar-refractivity contribution in [2.75, 3.05) is 13.1 Å². The first-order valence-corrected chi connectivity index (χ1v) is 10.7. The fraction of sp³-hybridized carbons (Fsp3) is 0.333. The third kappa shape index (κ3) is 5.49. The number of rotatable bonds is 7. The maximum atomic E-state index is 12.6. The average Bonchev–Trinajstić information content (AvgIpc) is 3.27. The lowest BCUT2D eigenvalue weighted by atomic mass is 10.1. The summed E-state index contributed by atoms with van der Waals surface area (Å²) in [5, 5.41) is 0.679. The van der Waals surface area contributed by atoms with Crippen molar-refractivity contribution in [1.82, 2.24) is 9.88 Å². The molecular formula is C24H25ClN2O3. The highest BCUT2D eigenvalue weighted by Crippen LogP contribution is 2.23. The number of likely N-dealkylation sites (tertiary alicyclic amines) is 1. The third-order valence-corrected chi connectivity index (χ3v) is 5.61. The van der Waals surface area contributed by atoms with E-state index in [1.165, 1.54) is 5.56 Å². The van der Waals surface area contributed by atoms with E-state index >= 15 is 0 Å². The summed E-state index contributed by atoms with van der Waals surface area (Å²) in [6.07, 6.45) is 4.55. The number of ether oxygens (including phenoxy) is 1. The molecule has 1 saturated heterocycles. The monoisotopic (exact) mass is 424 g/mol. The second-order valence-corrected chi connectivity index (χ2v) is 7.94. The fourth-order valence-electron chi connectivity index (χ4n) is 3.61. The van der Waals surface area contributed by atoms with E-state index in [1.54, 1.807) is 6.20 Å². The quantitative estimate of drug-likeness (QED) is 0.527. The molecule has 0 radical (unpaired) electrons. The minimum atomic E-state index is 0.141. The summed E-state index contributed by atoms with van der Waals surface area (Å²) in [6, 6.07) is 17.6. The summed E-state index contributed by atoms with van der Waals surface area (Å²) in [6.45, 7) is 2.10. The summed E-state index contributed by atoms with van der Waals surface area (Å²) >= 11 is 5.92. The van der Waals surface area contributed by atoms with Crippen LogP contribution >= 0.6 is 11.6 Å².